The third kappa shape index (κ3) is 2.88. The molecule has 1 aliphatic heterocycles. The van der Waals surface area contributed by atoms with Gasteiger partial charge in [0, 0.05) is 4.47 Å². The summed E-state index contributed by atoms with van der Waals surface area (Å²) in [6.07, 6.45) is 0. The first-order valence-corrected chi connectivity index (χ1v) is 8.97. The number of fused-ring (bicyclic) bond motifs is 1. The van der Waals surface area contributed by atoms with Gasteiger partial charge in [-0.3, -0.25) is 0 Å². The van der Waals surface area contributed by atoms with E-state index in [1.807, 2.05) is 31.2 Å². The second-order valence-electron chi connectivity index (χ2n) is 6.17. The molecule has 0 aliphatic carbocycles. The first kappa shape index (κ1) is 17.3. The number of ether oxygens (including phenoxy) is 1. The molecule has 0 amide bonds. The summed E-state index contributed by atoms with van der Waals surface area (Å²) in [5.74, 6) is -0.328. The van der Waals surface area contributed by atoms with Gasteiger partial charge in [-0.05, 0) is 48.9 Å². The minimum absolute atomic E-state index is 0.0255. The molecule has 0 radical (unpaired) electrons. The Kier molecular flexibility index (Phi) is 4.21. The SMILES string of the molecule is Cc1nn(-c2ccc(Br)cc2)c2c1[C@@H](c1ccc(F)cc1)C(C#N)=C(N)O2. The van der Waals surface area contributed by atoms with Crippen LogP contribution in [0.5, 0.6) is 5.88 Å². The van der Waals surface area contributed by atoms with E-state index in [0.717, 1.165) is 21.3 Å². The monoisotopic (exact) mass is 424 g/mol. The maximum Gasteiger partial charge on any atom is 0.229 e. The van der Waals surface area contributed by atoms with Gasteiger partial charge >= 0.3 is 0 Å². The molecule has 5 nitrogen and oxygen atoms in total. The molecule has 2 heterocycles. The van der Waals surface area contributed by atoms with Gasteiger partial charge in [0.25, 0.3) is 0 Å². The molecule has 1 atom stereocenters. The number of rotatable bonds is 2. The lowest BCUT2D eigenvalue weighted by Crippen LogP contribution is -2.22. The molecule has 3 aromatic rings. The standard InChI is InChI=1S/C20H14BrFN4O/c1-11-17-18(12-2-6-14(22)7-3-12)16(10-23)19(24)27-20(17)26(25-11)15-8-4-13(21)5-9-15/h2-9,18H,24H2,1H3/t18-/m0/s1. The maximum atomic E-state index is 13.4. The topological polar surface area (TPSA) is 76.9 Å². The van der Waals surface area contributed by atoms with E-state index >= 15 is 0 Å². The molecule has 1 aliphatic rings. The van der Waals surface area contributed by atoms with Crippen molar-refractivity contribution in [1.82, 2.24) is 9.78 Å². The molecule has 0 saturated carbocycles. The lowest BCUT2D eigenvalue weighted by Gasteiger charge is -2.24. The van der Waals surface area contributed by atoms with Gasteiger partial charge in [0.2, 0.25) is 11.8 Å². The van der Waals surface area contributed by atoms with Crippen LogP contribution in [0.15, 0.2) is 64.5 Å². The molecule has 0 fully saturated rings. The number of nitriles is 1. The predicted octanol–water partition coefficient (Wildman–Crippen LogP) is 4.30. The molecular weight excluding hydrogens is 411 g/mol. The summed E-state index contributed by atoms with van der Waals surface area (Å²) in [4.78, 5) is 0. The zero-order chi connectivity index (χ0) is 19.1. The Morgan fingerprint density at radius 1 is 1.19 bits per heavy atom. The Labute approximate surface area is 163 Å². The number of nitrogens with zero attached hydrogens (tertiary/aromatic N) is 3. The van der Waals surface area contributed by atoms with Crippen molar-refractivity contribution < 1.29 is 9.13 Å². The van der Waals surface area contributed by atoms with Crippen molar-refractivity contribution in [2.24, 2.45) is 5.73 Å². The number of halogens is 2. The van der Waals surface area contributed by atoms with E-state index in [-0.39, 0.29) is 17.3 Å². The van der Waals surface area contributed by atoms with E-state index in [2.05, 4.69) is 27.1 Å². The molecule has 1 aromatic heterocycles. The molecule has 0 spiro atoms. The van der Waals surface area contributed by atoms with Crippen LogP contribution >= 0.6 is 15.9 Å². The van der Waals surface area contributed by atoms with Gasteiger partial charge in [0.1, 0.15) is 17.5 Å². The van der Waals surface area contributed by atoms with Crippen LogP contribution in [0.25, 0.3) is 5.69 Å². The highest BCUT2D eigenvalue weighted by atomic mass is 79.9. The van der Waals surface area contributed by atoms with Crippen molar-refractivity contribution in [3.8, 4) is 17.6 Å². The summed E-state index contributed by atoms with van der Waals surface area (Å²) in [7, 11) is 0. The second-order valence-corrected chi connectivity index (χ2v) is 7.08. The lowest BCUT2D eigenvalue weighted by molar-refractivity contribution is 0.367. The van der Waals surface area contributed by atoms with Gasteiger partial charge in [0.15, 0.2) is 0 Å². The van der Waals surface area contributed by atoms with Gasteiger partial charge in [-0.2, -0.15) is 10.4 Å². The summed E-state index contributed by atoms with van der Waals surface area (Å²) >= 11 is 3.42. The number of benzene rings is 2. The van der Waals surface area contributed by atoms with Gasteiger partial charge in [-0.15, -0.1) is 0 Å². The Balaban J connectivity index is 1.93. The smallest absolute Gasteiger partial charge is 0.229 e. The number of nitrogens with two attached hydrogens (primary N) is 1. The van der Waals surface area contributed by atoms with Crippen LogP contribution in [0.1, 0.15) is 22.7 Å². The van der Waals surface area contributed by atoms with Gasteiger partial charge in [-0.1, -0.05) is 28.1 Å². The minimum Gasteiger partial charge on any atom is -0.422 e. The van der Waals surface area contributed by atoms with E-state index in [4.69, 9.17) is 10.5 Å². The van der Waals surface area contributed by atoms with Crippen LogP contribution in [0.2, 0.25) is 0 Å². The van der Waals surface area contributed by atoms with Crippen LogP contribution in [0.4, 0.5) is 4.39 Å². The third-order valence-corrected chi connectivity index (χ3v) is 5.04. The average molecular weight is 425 g/mol. The molecule has 0 unspecified atom stereocenters. The second kappa shape index (κ2) is 6.56. The first-order chi connectivity index (χ1) is 13.0. The molecule has 0 bridgehead atoms. The lowest BCUT2D eigenvalue weighted by atomic mass is 9.84. The zero-order valence-corrected chi connectivity index (χ0v) is 15.9. The van der Waals surface area contributed by atoms with Gasteiger partial charge in [0.05, 0.1) is 22.9 Å². The summed E-state index contributed by atoms with van der Waals surface area (Å²) < 4.78 is 21.8. The zero-order valence-electron chi connectivity index (χ0n) is 14.3. The van der Waals surface area contributed by atoms with Crippen molar-refractivity contribution in [3.05, 3.63) is 87.1 Å². The number of allylic oxidation sites excluding steroid dienone is 1. The summed E-state index contributed by atoms with van der Waals surface area (Å²) in [6.45, 7) is 1.85. The molecule has 4 rings (SSSR count). The summed E-state index contributed by atoms with van der Waals surface area (Å²) in [5.41, 5.74) is 9.34. The average Bonchev–Trinajstić information content (AvgIpc) is 2.98. The fourth-order valence-corrected chi connectivity index (χ4v) is 3.52. The minimum atomic E-state index is -0.469. The highest BCUT2D eigenvalue weighted by Crippen LogP contribution is 2.44. The number of hydrogen-bond acceptors (Lipinski definition) is 4. The maximum absolute atomic E-state index is 13.4. The van der Waals surface area contributed by atoms with Crippen molar-refractivity contribution >= 4 is 15.9 Å². The molecule has 2 N–H and O–H groups in total. The van der Waals surface area contributed by atoms with E-state index in [9.17, 15) is 9.65 Å². The summed E-state index contributed by atoms with van der Waals surface area (Å²) in [6, 6.07) is 15.8. The summed E-state index contributed by atoms with van der Waals surface area (Å²) in [5, 5.41) is 14.2. The van der Waals surface area contributed by atoms with Crippen LogP contribution in [-0.2, 0) is 0 Å². The Morgan fingerprint density at radius 3 is 2.48 bits per heavy atom. The highest BCUT2D eigenvalue weighted by molar-refractivity contribution is 9.10. The van der Waals surface area contributed by atoms with E-state index < -0.39 is 5.92 Å². The van der Waals surface area contributed by atoms with E-state index in [1.54, 1.807) is 16.8 Å². The fraction of sp³-hybridized carbons (Fsp3) is 0.100. The van der Waals surface area contributed by atoms with Gasteiger partial charge in [-0.25, -0.2) is 9.07 Å². The molecule has 2 aromatic carbocycles. The van der Waals surface area contributed by atoms with Crippen LogP contribution in [-0.4, -0.2) is 9.78 Å². The Hall–Kier alpha value is -3.11. The van der Waals surface area contributed by atoms with Crippen LogP contribution in [0, 0.1) is 24.1 Å². The molecular formula is C20H14BrFN4O. The van der Waals surface area contributed by atoms with Crippen LogP contribution < -0.4 is 10.5 Å². The quantitative estimate of drug-likeness (QED) is 0.664. The van der Waals surface area contributed by atoms with Gasteiger partial charge < -0.3 is 10.5 Å². The van der Waals surface area contributed by atoms with E-state index in [0.29, 0.717) is 11.6 Å². The Bertz CT molecular complexity index is 1090. The number of aromatic nitrogens is 2. The third-order valence-electron chi connectivity index (χ3n) is 4.51. The van der Waals surface area contributed by atoms with E-state index in [1.165, 1.54) is 12.1 Å². The molecule has 134 valence electrons. The Morgan fingerprint density at radius 2 is 1.85 bits per heavy atom. The number of hydrogen-bond donors (Lipinski definition) is 1. The molecule has 0 saturated heterocycles. The molecule has 27 heavy (non-hydrogen) atoms. The largest absolute Gasteiger partial charge is 0.422 e. The van der Waals surface area contributed by atoms with Crippen molar-refractivity contribution in [1.29, 1.82) is 5.26 Å². The normalized spacial score (nSPS) is 15.9. The number of aryl methyl sites for hydroxylation is 1. The van der Waals surface area contributed by atoms with Crippen LogP contribution in [0.3, 0.4) is 0 Å². The highest BCUT2D eigenvalue weighted by Gasteiger charge is 2.36. The first-order valence-electron chi connectivity index (χ1n) is 8.18. The van der Waals surface area contributed by atoms with Crippen molar-refractivity contribution in [2.75, 3.05) is 0 Å². The molecule has 7 heteroatoms. The fourth-order valence-electron chi connectivity index (χ4n) is 3.26. The van der Waals surface area contributed by atoms with Crippen molar-refractivity contribution in [3.63, 3.8) is 0 Å². The predicted molar refractivity (Wildman–Crippen MR) is 102 cm³/mol. The van der Waals surface area contributed by atoms with Crippen molar-refractivity contribution in [2.45, 2.75) is 12.8 Å².